The van der Waals surface area contributed by atoms with Crippen LogP contribution < -0.4 is 10.6 Å². The summed E-state index contributed by atoms with van der Waals surface area (Å²) in [6, 6.07) is 15.7. The van der Waals surface area contributed by atoms with E-state index in [-0.39, 0.29) is 30.2 Å². The maximum Gasteiger partial charge on any atom is 0.251 e. The van der Waals surface area contributed by atoms with Crippen LogP contribution in [0.25, 0.3) is 0 Å². The molecule has 0 spiro atoms. The van der Waals surface area contributed by atoms with Gasteiger partial charge in [-0.1, -0.05) is 29.8 Å². The van der Waals surface area contributed by atoms with Gasteiger partial charge in [-0.2, -0.15) is 0 Å². The molecule has 0 bridgehead atoms. The Labute approximate surface area is 168 Å². The topological polar surface area (TPSA) is 78.5 Å². The van der Waals surface area contributed by atoms with Gasteiger partial charge in [-0.3, -0.25) is 14.4 Å². The lowest BCUT2D eigenvalue weighted by Gasteiger charge is -2.31. The van der Waals surface area contributed by atoms with Crippen LogP contribution in [-0.2, 0) is 9.59 Å². The number of likely N-dealkylation sites (tertiary alicyclic amines) is 1. The van der Waals surface area contributed by atoms with Crippen LogP contribution in [0.5, 0.6) is 0 Å². The number of rotatable bonds is 5. The largest absolute Gasteiger partial charge is 0.343 e. The van der Waals surface area contributed by atoms with Crippen LogP contribution >= 0.6 is 11.6 Å². The number of nitrogens with one attached hydrogen (secondary N) is 2. The van der Waals surface area contributed by atoms with Crippen LogP contribution in [-0.4, -0.2) is 42.3 Å². The Morgan fingerprint density at radius 3 is 2.25 bits per heavy atom. The summed E-state index contributed by atoms with van der Waals surface area (Å²) in [6.45, 7) is 0.951. The lowest BCUT2D eigenvalue weighted by atomic mass is 9.95. The summed E-state index contributed by atoms with van der Waals surface area (Å²) in [4.78, 5) is 38.4. The van der Waals surface area contributed by atoms with E-state index >= 15 is 0 Å². The summed E-state index contributed by atoms with van der Waals surface area (Å²) in [5.41, 5.74) is 1.23. The van der Waals surface area contributed by atoms with Crippen LogP contribution in [0.1, 0.15) is 23.2 Å². The molecule has 6 nitrogen and oxygen atoms in total. The zero-order valence-electron chi connectivity index (χ0n) is 15.4. The third kappa shape index (κ3) is 5.33. The number of amides is 3. The zero-order chi connectivity index (χ0) is 19.9. The molecule has 1 fully saturated rings. The number of anilines is 1. The summed E-state index contributed by atoms with van der Waals surface area (Å²) in [5, 5.41) is 6.15. The second kappa shape index (κ2) is 9.37. The molecule has 1 heterocycles. The molecule has 3 amide bonds. The Kier molecular flexibility index (Phi) is 6.66. The second-order valence-corrected chi connectivity index (χ2v) is 7.14. The van der Waals surface area contributed by atoms with Crippen molar-refractivity contribution in [1.29, 1.82) is 0 Å². The van der Waals surface area contributed by atoms with Gasteiger partial charge < -0.3 is 15.5 Å². The smallest absolute Gasteiger partial charge is 0.251 e. The van der Waals surface area contributed by atoms with Crippen molar-refractivity contribution in [3.05, 3.63) is 65.2 Å². The Balaban J connectivity index is 1.42. The van der Waals surface area contributed by atoms with E-state index in [1.807, 2.05) is 6.07 Å². The molecule has 0 aromatic heterocycles. The molecule has 3 rings (SSSR count). The maximum absolute atomic E-state index is 12.4. The normalized spacial score (nSPS) is 14.4. The first kappa shape index (κ1) is 19.9. The van der Waals surface area contributed by atoms with Gasteiger partial charge in [-0.05, 0) is 49.2 Å². The fraction of sp³-hybridized carbons (Fsp3) is 0.286. The van der Waals surface area contributed by atoms with Crippen molar-refractivity contribution in [3.8, 4) is 0 Å². The second-order valence-electron chi connectivity index (χ2n) is 6.70. The molecule has 7 heteroatoms. The summed E-state index contributed by atoms with van der Waals surface area (Å²) >= 11 is 5.85. The molecule has 2 aromatic carbocycles. The molecular weight excluding hydrogens is 378 g/mol. The van der Waals surface area contributed by atoms with E-state index in [1.54, 1.807) is 53.4 Å². The fourth-order valence-electron chi connectivity index (χ4n) is 3.13. The molecule has 1 saturated heterocycles. The van der Waals surface area contributed by atoms with E-state index in [4.69, 9.17) is 11.6 Å². The highest BCUT2D eigenvalue weighted by atomic mass is 35.5. The standard InChI is InChI=1S/C21H22ClN3O3/c22-17-6-8-18(9-7-17)24-21(28)16-10-12-25(13-11-16)19(26)14-23-20(27)15-4-2-1-3-5-15/h1-9,16H,10-14H2,(H,23,27)(H,24,28). The highest BCUT2D eigenvalue weighted by Crippen LogP contribution is 2.20. The summed E-state index contributed by atoms with van der Waals surface area (Å²) in [6.07, 6.45) is 1.19. The monoisotopic (exact) mass is 399 g/mol. The van der Waals surface area contributed by atoms with Crippen molar-refractivity contribution in [2.45, 2.75) is 12.8 Å². The Hall–Kier alpha value is -2.86. The SMILES string of the molecule is O=C(NCC(=O)N1CCC(C(=O)Nc2ccc(Cl)cc2)CC1)c1ccccc1. The molecule has 146 valence electrons. The number of piperidine rings is 1. The van der Waals surface area contributed by atoms with Crippen molar-refractivity contribution >= 4 is 35.0 Å². The molecule has 2 N–H and O–H groups in total. The molecule has 0 unspecified atom stereocenters. The Morgan fingerprint density at radius 1 is 0.964 bits per heavy atom. The summed E-state index contributed by atoms with van der Waals surface area (Å²) in [7, 11) is 0. The Bertz CT molecular complexity index is 832. The van der Waals surface area contributed by atoms with Gasteiger partial charge in [-0.15, -0.1) is 0 Å². The first-order valence-corrected chi connectivity index (χ1v) is 9.58. The molecule has 28 heavy (non-hydrogen) atoms. The van der Waals surface area contributed by atoms with Crippen molar-refractivity contribution in [2.24, 2.45) is 5.92 Å². The number of hydrogen-bond donors (Lipinski definition) is 2. The van der Waals surface area contributed by atoms with Gasteiger partial charge in [0.25, 0.3) is 5.91 Å². The first-order valence-electron chi connectivity index (χ1n) is 9.20. The van der Waals surface area contributed by atoms with Crippen LogP contribution in [0.2, 0.25) is 5.02 Å². The molecule has 0 atom stereocenters. The molecule has 1 aliphatic rings. The van der Waals surface area contributed by atoms with Crippen LogP contribution in [0, 0.1) is 5.92 Å². The molecular formula is C21H22ClN3O3. The molecule has 0 saturated carbocycles. The van der Waals surface area contributed by atoms with Gasteiger partial charge in [0.05, 0.1) is 6.54 Å². The van der Waals surface area contributed by atoms with E-state index < -0.39 is 0 Å². The van der Waals surface area contributed by atoms with Crippen LogP contribution in [0.4, 0.5) is 5.69 Å². The quantitative estimate of drug-likeness (QED) is 0.811. The summed E-state index contributed by atoms with van der Waals surface area (Å²) in [5.74, 6) is -0.600. The molecule has 0 radical (unpaired) electrons. The van der Waals surface area contributed by atoms with Gasteiger partial charge >= 0.3 is 0 Å². The average Bonchev–Trinajstić information content (AvgIpc) is 2.74. The highest BCUT2D eigenvalue weighted by Gasteiger charge is 2.27. The average molecular weight is 400 g/mol. The molecule has 0 aliphatic carbocycles. The highest BCUT2D eigenvalue weighted by molar-refractivity contribution is 6.30. The molecule has 1 aliphatic heterocycles. The maximum atomic E-state index is 12.4. The number of nitrogens with zero attached hydrogens (tertiary/aromatic N) is 1. The predicted octanol–water partition coefficient (Wildman–Crippen LogP) is 2.95. The van der Waals surface area contributed by atoms with Crippen LogP contribution in [0.3, 0.4) is 0 Å². The summed E-state index contributed by atoms with van der Waals surface area (Å²) < 4.78 is 0. The van der Waals surface area contributed by atoms with Gasteiger partial charge in [0.15, 0.2) is 0 Å². The van der Waals surface area contributed by atoms with E-state index in [2.05, 4.69) is 10.6 Å². The van der Waals surface area contributed by atoms with E-state index in [0.29, 0.717) is 42.2 Å². The van der Waals surface area contributed by atoms with Crippen molar-refractivity contribution in [2.75, 3.05) is 25.0 Å². The number of hydrogen-bond acceptors (Lipinski definition) is 3. The van der Waals surface area contributed by atoms with Crippen molar-refractivity contribution in [1.82, 2.24) is 10.2 Å². The van der Waals surface area contributed by atoms with E-state index in [0.717, 1.165) is 0 Å². The van der Waals surface area contributed by atoms with Gasteiger partial charge in [0.1, 0.15) is 0 Å². The predicted molar refractivity (Wildman–Crippen MR) is 108 cm³/mol. The Morgan fingerprint density at radius 2 is 1.61 bits per heavy atom. The van der Waals surface area contributed by atoms with E-state index in [1.165, 1.54) is 0 Å². The van der Waals surface area contributed by atoms with Gasteiger partial charge in [0.2, 0.25) is 11.8 Å². The number of halogens is 1. The van der Waals surface area contributed by atoms with Crippen LogP contribution in [0.15, 0.2) is 54.6 Å². The zero-order valence-corrected chi connectivity index (χ0v) is 16.1. The minimum absolute atomic E-state index is 0.0463. The third-order valence-electron chi connectivity index (χ3n) is 4.77. The minimum atomic E-state index is -0.272. The first-order chi connectivity index (χ1) is 13.5. The van der Waals surface area contributed by atoms with Crippen molar-refractivity contribution in [3.63, 3.8) is 0 Å². The fourth-order valence-corrected chi connectivity index (χ4v) is 3.25. The number of benzene rings is 2. The van der Waals surface area contributed by atoms with Crippen molar-refractivity contribution < 1.29 is 14.4 Å². The number of carbonyl (C=O) groups is 3. The number of carbonyl (C=O) groups excluding carboxylic acids is 3. The minimum Gasteiger partial charge on any atom is -0.343 e. The lowest BCUT2D eigenvalue weighted by Crippen LogP contribution is -2.45. The lowest BCUT2D eigenvalue weighted by molar-refractivity contribution is -0.133. The molecule has 2 aromatic rings. The van der Waals surface area contributed by atoms with E-state index in [9.17, 15) is 14.4 Å². The van der Waals surface area contributed by atoms with Gasteiger partial charge in [0, 0.05) is 35.3 Å². The third-order valence-corrected chi connectivity index (χ3v) is 5.02. The van der Waals surface area contributed by atoms with Gasteiger partial charge in [-0.25, -0.2) is 0 Å².